The van der Waals surface area contributed by atoms with E-state index in [1.54, 1.807) is 56.3 Å². The van der Waals surface area contributed by atoms with Crippen molar-refractivity contribution >= 4 is 35.4 Å². The molecule has 21 nitrogen and oxygen atoms in total. The molecule has 0 aliphatic carbocycles. The second kappa shape index (κ2) is 23.5. The molecule has 1 fully saturated rings. The van der Waals surface area contributed by atoms with Crippen LogP contribution >= 0.6 is 0 Å². The molecule has 2 aromatic rings. The third kappa shape index (κ3) is 15.1. The Hall–Kier alpha value is -5.26. The lowest BCUT2D eigenvalue weighted by atomic mass is 9.99. The lowest BCUT2D eigenvalue weighted by Gasteiger charge is -2.39. The average Bonchev–Trinajstić information content (AvgIpc) is 3.20. The van der Waals surface area contributed by atoms with Crippen LogP contribution in [0.25, 0.3) is 0 Å². The summed E-state index contributed by atoms with van der Waals surface area (Å²) in [5.74, 6) is -5.47. The van der Waals surface area contributed by atoms with Gasteiger partial charge in [-0.15, -0.1) is 0 Å². The summed E-state index contributed by atoms with van der Waals surface area (Å²) in [6.07, 6.45) is -9.53. The molecule has 1 saturated heterocycles. The Kier molecular flexibility index (Phi) is 19.2. The van der Waals surface area contributed by atoms with E-state index in [4.69, 9.17) is 20.9 Å². The molecule has 2 aromatic carbocycles. The van der Waals surface area contributed by atoms with Crippen molar-refractivity contribution < 1.29 is 68.9 Å². The van der Waals surface area contributed by atoms with E-state index < -0.39 is 122 Å². The van der Waals surface area contributed by atoms with Gasteiger partial charge in [0, 0.05) is 6.42 Å². The number of nitrogens with two attached hydrogens (primary N) is 2. The van der Waals surface area contributed by atoms with E-state index in [0.29, 0.717) is 11.1 Å². The number of aliphatic hydroxyl groups excluding tert-OH is 5. The summed E-state index contributed by atoms with van der Waals surface area (Å²) >= 11 is 0. The maximum Gasteiger partial charge on any atom is 0.245 e. The van der Waals surface area contributed by atoms with E-state index in [1.165, 1.54) is 19.1 Å². The van der Waals surface area contributed by atoms with Gasteiger partial charge in [0.1, 0.15) is 54.3 Å². The van der Waals surface area contributed by atoms with Crippen molar-refractivity contribution in [3.05, 3.63) is 65.7 Å². The number of benzene rings is 2. The fourth-order valence-electron chi connectivity index (χ4n) is 6.06. The van der Waals surface area contributed by atoms with E-state index >= 15 is 0 Å². The van der Waals surface area contributed by atoms with Crippen LogP contribution in [0.4, 0.5) is 0 Å². The van der Waals surface area contributed by atoms with E-state index in [1.807, 2.05) is 0 Å². The first-order valence-electron chi connectivity index (χ1n) is 19.3. The Morgan fingerprint density at radius 2 is 1.35 bits per heavy atom. The first-order chi connectivity index (χ1) is 28.3. The molecule has 1 aliphatic rings. The minimum atomic E-state index is -1.79. The highest BCUT2D eigenvalue weighted by atomic mass is 16.7. The van der Waals surface area contributed by atoms with Gasteiger partial charge < -0.3 is 78.2 Å². The van der Waals surface area contributed by atoms with Gasteiger partial charge in [-0.05, 0) is 48.9 Å². The zero-order valence-corrected chi connectivity index (χ0v) is 33.5. The van der Waals surface area contributed by atoms with Gasteiger partial charge in [-0.3, -0.25) is 28.8 Å². The SMILES string of the molecule is CC(C)C[C@H](NC(=O)[C@H](Cc1ccccc1)NC(=O)CNC(=O)[C@H](NC(=O)[C@@H](N)Cc1ccc(O)cc1)[C@@H](C)O)C(=O)N[C@@H](CO[C@@H]1O[C@H](CO)[C@@H](O)[C@H](O)[C@H]1O)C(N)=O. The van der Waals surface area contributed by atoms with Crippen LogP contribution in [0.5, 0.6) is 5.75 Å². The van der Waals surface area contributed by atoms with Gasteiger partial charge in [0.15, 0.2) is 6.29 Å². The van der Waals surface area contributed by atoms with E-state index in [2.05, 4.69) is 26.6 Å². The summed E-state index contributed by atoms with van der Waals surface area (Å²) in [6.45, 7) is 2.66. The molecule has 332 valence electrons. The number of ether oxygens (including phenoxy) is 2. The van der Waals surface area contributed by atoms with Crippen LogP contribution in [0, 0.1) is 5.92 Å². The zero-order valence-electron chi connectivity index (χ0n) is 33.5. The number of phenolic OH excluding ortho intramolecular Hbond substituents is 1. The molecule has 11 atom stereocenters. The highest BCUT2D eigenvalue weighted by molar-refractivity contribution is 5.95. The lowest BCUT2D eigenvalue weighted by Crippen LogP contribution is -2.61. The average molecular weight is 848 g/mol. The molecule has 1 aliphatic heterocycles. The van der Waals surface area contributed by atoms with Gasteiger partial charge in [0.2, 0.25) is 35.4 Å². The van der Waals surface area contributed by atoms with Crippen molar-refractivity contribution in [3.63, 3.8) is 0 Å². The van der Waals surface area contributed by atoms with Crippen LogP contribution in [0.3, 0.4) is 0 Å². The Balaban J connectivity index is 1.68. The molecule has 1 heterocycles. The molecular formula is C39H57N7O14. The molecular weight excluding hydrogens is 790 g/mol. The first-order valence-corrected chi connectivity index (χ1v) is 19.3. The van der Waals surface area contributed by atoms with Gasteiger partial charge in [0.05, 0.1) is 31.9 Å². The number of rotatable bonds is 22. The van der Waals surface area contributed by atoms with Gasteiger partial charge >= 0.3 is 0 Å². The molecule has 6 amide bonds. The van der Waals surface area contributed by atoms with E-state index in [9.17, 15) is 59.4 Å². The standard InChI is InChI=1S/C39H57N7O14/c1-19(2)13-25(36(56)45-27(34(41)54)18-59-39-33(53)32(52)31(51)28(17-47)60-39)44-37(57)26(15-21-7-5-4-6-8-21)43-29(50)16-42-38(58)30(20(3)48)46-35(55)24(40)14-22-9-11-23(49)12-10-22/h4-12,19-20,24-28,30-33,39,47-49,51-53H,13-18,40H2,1-3H3,(H2,41,54)(H,42,58)(H,43,50)(H,44,57)(H,45,56)(H,46,55)/t20-,24+,25+,26+,27+,28-,30-,31-,32+,33-,39-/m1/s1. The molecule has 0 bridgehead atoms. The van der Waals surface area contributed by atoms with Crippen molar-refractivity contribution in [1.29, 1.82) is 0 Å². The first kappa shape index (κ1) is 49.1. The number of aliphatic hydroxyl groups is 5. The monoisotopic (exact) mass is 847 g/mol. The van der Waals surface area contributed by atoms with Crippen molar-refractivity contribution in [2.24, 2.45) is 17.4 Å². The van der Waals surface area contributed by atoms with Crippen LogP contribution < -0.4 is 38.1 Å². The van der Waals surface area contributed by atoms with Crippen molar-refractivity contribution in [1.82, 2.24) is 26.6 Å². The molecule has 0 spiro atoms. The molecule has 0 saturated carbocycles. The smallest absolute Gasteiger partial charge is 0.245 e. The summed E-state index contributed by atoms with van der Waals surface area (Å²) in [5, 5.41) is 71.8. The largest absolute Gasteiger partial charge is 0.508 e. The normalized spacial score (nSPS) is 21.9. The Labute approximate surface area is 346 Å². The van der Waals surface area contributed by atoms with Gasteiger partial charge in [-0.1, -0.05) is 56.3 Å². The minimum absolute atomic E-state index is 0.0232. The number of carbonyl (C=O) groups is 6. The maximum absolute atomic E-state index is 13.8. The number of carbonyl (C=O) groups excluding carboxylic acids is 6. The van der Waals surface area contributed by atoms with Crippen molar-refractivity contribution in [2.75, 3.05) is 19.8 Å². The third-order valence-corrected chi connectivity index (χ3v) is 9.42. The lowest BCUT2D eigenvalue weighted by molar-refractivity contribution is -0.301. The Bertz CT molecular complexity index is 1730. The third-order valence-electron chi connectivity index (χ3n) is 9.42. The molecule has 3 rings (SSSR count). The molecule has 0 unspecified atom stereocenters. The number of hydrogen-bond donors (Lipinski definition) is 13. The van der Waals surface area contributed by atoms with Crippen LogP contribution in [-0.2, 0) is 51.1 Å². The second-order valence-corrected chi connectivity index (χ2v) is 14.9. The van der Waals surface area contributed by atoms with Crippen LogP contribution in [0.2, 0.25) is 0 Å². The van der Waals surface area contributed by atoms with Crippen molar-refractivity contribution in [3.8, 4) is 5.75 Å². The van der Waals surface area contributed by atoms with Crippen LogP contribution in [-0.4, -0.2) is 153 Å². The van der Waals surface area contributed by atoms with Crippen LogP contribution in [0.1, 0.15) is 38.3 Å². The number of amides is 6. The second-order valence-electron chi connectivity index (χ2n) is 14.9. The molecule has 0 radical (unpaired) electrons. The Morgan fingerprint density at radius 1 is 0.750 bits per heavy atom. The maximum atomic E-state index is 13.8. The van der Waals surface area contributed by atoms with Gasteiger partial charge in [-0.2, -0.15) is 0 Å². The van der Waals surface area contributed by atoms with Crippen molar-refractivity contribution in [2.45, 2.75) is 107 Å². The fourth-order valence-corrected chi connectivity index (χ4v) is 6.06. The topological polar surface area (TPSA) is 354 Å². The minimum Gasteiger partial charge on any atom is -0.508 e. The number of primary amides is 1. The molecule has 15 N–H and O–H groups in total. The highest BCUT2D eigenvalue weighted by Crippen LogP contribution is 2.22. The zero-order chi connectivity index (χ0) is 44.7. The predicted octanol–water partition coefficient (Wildman–Crippen LogP) is -4.71. The quantitative estimate of drug-likeness (QED) is 0.0530. The number of phenols is 1. The summed E-state index contributed by atoms with van der Waals surface area (Å²) in [7, 11) is 0. The fraction of sp³-hybridized carbons (Fsp3) is 0.538. The molecule has 0 aromatic heterocycles. The highest BCUT2D eigenvalue weighted by Gasteiger charge is 2.44. The Morgan fingerprint density at radius 3 is 1.93 bits per heavy atom. The summed E-state index contributed by atoms with van der Waals surface area (Å²) in [6, 6.07) is 7.73. The summed E-state index contributed by atoms with van der Waals surface area (Å²) in [5.41, 5.74) is 12.8. The predicted molar refractivity (Wildman–Crippen MR) is 211 cm³/mol. The van der Waals surface area contributed by atoms with E-state index in [-0.39, 0.29) is 30.9 Å². The van der Waals surface area contributed by atoms with Gasteiger partial charge in [0.25, 0.3) is 0 Å². The summed E-state index contributed by atoms with van der Waals surface area (Å²) < 4.78 is 10.7. The van der Waals surface area contributed by atoms with E-state index in [0.717, 1.165) is 0 Å². The number of aromatic hydroxyl groups is 1. The van der Waals surface area contributed by atoms with Gasteiger partial charge in [-0.25, -0.2) is 0 Å². The number of hydrogen-bond acceptors (Lipinski definition) is 15. The molecule has 21 heteroatoms. The van der Waals surface area contributed by atoms with Crippen LogP contribution in [0.15, 0.2) is 54.6 Å². The summed E-state index contributed by atoms with van der Waals surface area (Å²) in [4.78, 5) is 78.9. The number of nitrogens with one attached hydrogen (secondary N) is 5. The molecule has 60 heavy (non-hydrogen) atoms.